The van der Waals surface area contributed by atoms with E-state index in [1.807, 2.05) is 0 Å². The molecule has 1 aliphatic rings. The zero-order valence-electron chi connectivity index (χ0n) is 15.9. The predicted octanol–water partition coefficient (Wildman–Crippen LogP) is 4.24. The van der Waals surface area contributed by atoms with E-state index < -0.39 is 10.0 Å². The van der Waals surface area contributed by atoms with E-state index in [9.17, 15) is 13.2 Å². The first kappa shape index (κ1) is 20.2. The average molecular weight is 410 g/mol. The van der Waals surface area contributed by atoms with E-state index in [1.54, 1.807) is 22.5 Å². The van der Waals surface area contributed by atoms with Crippen molar-refractivity contribution in [3.8, 4) is 0 Å². The number of anilines is 1. The fraction of sp³-hybridized carbons (Fsp3) is 0.579. The molecule has 8 heteroatoms. The van der Waals surface area contributed by atoms with Gasteiger partial charge in [-0.15, -0.1) is 0 Å². The van der Waals surface area contributed by atoms with Crippen LogP contribution in [0.1, 0.15) is 52.4 Å². The maximum Gasteiger partial charge on any atom is 0.243 e. The monoisotopic (exact) mass is 409 g/mol. The van der Waals surface area contributed by atoms with E-state index in [-0.39, 0.29) is 11.8 Å². The van der Waals surface area contributed by atoms with Gasteiger partial charge in [0.25, 0.3) is 0 Å². The number of thiazole rings is 1. The molecule has 1 aromatic carbocycles. The number of nitrogens with one attached hydrogen (secondary N) is 1. The molecule has 0 aliphatic heterocycles. The van der Waals surface area contributed by atoms with Gasteiger partial charge in [0.1, 0.15) is 0 Å². The minimum atomic E-state index is -3.53. The van der Waals surface area contributed by atoms with E-state index in [1.165, 1.54) is 11.3 Å². The summed E-state index contributed by atoms with van der Waals surface area (Å²) >= 11 is 1.32. The van der Waals surface area contributed by atoms with Crippen LogP contribution in [0.5, 0.6) is 0 Å². The fourth-order valence-corrected chi connectivity index (χ4v) is 5.37. The highest BCUT2D eigenvalue weighted by molar-refractivity contribution is 7.89. The number of nitrogens with zero attached hydrogens (tertiary/aromatic N) is 2. The molecule has 1 fully saturated rings. The summed E-state index contributed by atoms with van der Waals surface area (Å²) in [5.41, 5.74) is 0.707. The van der Waals surface area contributed by atoms with Crippen molar-refractivity contribution in [3.63, 3.8) is 0 Å². The molecule has 148 valence electrons. The summed E-state index contributed by atoms with van der Waals surface area (Å²) in [6.07, 6.45) is 5.48. The molecule has 2 aromatic rings. The number of rotatable bonds is 10. The standard InChI is InChI=1S/C19H27N3O3S2/c1-3-5-11-22(12-6-4-2)27(24,25)15-9-10-16-17(13-15)26-19(20-16)21-18(23)14-7-8-14/h9-10,13-14H,3-8,11-12H2,1-2H3,(H,20,21,23). The third kappa shape index (κ3) is 4.86. The summed E-state index contributed by atoms with van der Waals surface area (Å²) in [5, 5.41) is 3.37. The Morgan fingerprint density at radius 1 is 1.22 bits per heavy atom. The lowest BCUT2D eigenvalue weighted by Gasteiger charge is -2.21. The van der Waals surface area contributed by atoms with Gasteiger partial charge in [-0.3, -0.25) is 4.79 Å². The van der Waals surface area contributed by atoms with Crippen molar-refractivity contribution < 1.29 is 13.2 Å². The van der Waals surface area contributed by atoms with Crippen LogP contribution in [-0.2, 0) is 14.8 Å². The number of carbonyl (C=O) groups excluding carboxylic acids is 1. The van der Waals surface area contributed by atoms with Crippen LogP contribution in [0, 0.1) is 5.92 Å². The number of fused-ring (bicyclic) bond motifs is 1. The van der Waals surface area contributed by atoms with Crippen molar-refractivity contribution in [2.24, 2.45) is 5.92 Å². The lowest BCUT2D eigenvalue weighted by atomic mass is 10.3. The lowest BCUT2D eigenvalue weighted by molar-refractivity contribution is -0.117. The van der Waals surface area contributed by atoms with Gasteiger partial charge < -0.3 is 5.32 Å². The summed E-state index contributed by atoms with van der Waals surface area (Å²) in [4.78, 5) is 16.6. The summed E-state index contributed by atoms with van der Waals surface area (Å²) < 4.78 is 28.6. The Bertz CT molecular complexity index is 896. The molecule has 1 N–H and O–H groups in total. The van der Waals surface area contributed by atoms with Crippen molar-refractivity contribution in [2.75, 3.05) is 18.4 Å². The zero-order chi connectivity index (χ0) is 19.4. The molecule has 0 spiro atoms. The quantitative estimate of drug-likeness (QED) is 0.637. The summed E-state index contributed by atoms with van der Waals surface area (Å²) in [6, 6.07) is 5.03. The van der Waals surface area contributed by atoms with Gasteiger partial charge >= 0.3 is 0 Å². The Balaban J connectivity index is 1.83. The van der Waals surface area contributed by atoms with E-state index in [0.29, 0.717) is 28.6 Å². The molecular weight excluding hydrogens is 382 g/mol. The van der Waals surface area contributed by atoms with E-state index >= 15 is 0 Å². The van der Waals surface area contributed by atoms with E-state index in [4.69, 9.17) is 0 Å². The molecule has 0 atom stereocenters. The lowest BCUT2D eigenvalue weighted by Crippen LogP contribution is -2.33. The predicted molar refractivity (Wildman–Crippen MR) is 110 cm³/mol. The first-order valence-electron chi connectivity index (χ1n) is 9.67. The minimum Gasteiger partial charge on any atom is -0.302 e. The number of hydrogen-bond donors (Lipinski definition) is 1. The van der Waals surface area contributed by atoms with Gasteiger partial charge in [0.2, 0.25) is 15.9 Å². The summed E-state index contributed by atoms with van der Waals surface area (Å²) in [7, 11) is -3.53. The van der Waals surface area contributed by atoms with Crippen LogP contribution in [0.4, 0.5) is 5.13 Å². The Morgan fingerprint density at radius 2 is 1.89 bits per heavy atom. The molecule has 1 aromatic heterocycles. The Hall–Kier alpha value is -1.51. The van der Waals surface area contributed by atoms with Gasteiger partial charge in [-0.05, 0) is 43.9 Å². The molecule has 0 bridgehead atoms. The second-order valence-electron chi connectivity index (χ2n) is 7.02. The molecule has 0 radical (unpaired) electrons. The number of sulfonamides is 1. The van der Waals surface area contributed by atoms with Crippen LogP contribution >= 0.6 is 11.3 Å². The van der Waals surface area contributed by atoms with Crippen molar-refractivity contribution >= 4 is 42.6 Å². The highest BCUT2D eigenvalue weighted by atomic mass is 32.2. The highest BCUT2D eigenvalue weighted by Crippen LogP contribution is 2.33. The van der Waals surface area contributed by atoms with Crippen LogP contribution in [-0.4, -0.2) is 36.7 Å². The van der Waals surface area contributed by atoms with Crippen LogP contribution in [0.15, 0.2) is 23.1 Å². The van der Waals surface area contributed by atoms with Crippen LogP contribution in [0.3, 0.4) is 0 Å². The van der Waals surface area contributed by atoms with Gasteiger partial charge in [-0.2, -0.15) is 4.31 Å². The molecule has 1 heterocycles. The number of unbranched alkanes of at least 4 members (excludes halogenated alkanes) is 2. The first-order valence-corrected chi connectivity index (χ1v) is 11.9. The molecule has 27 heavy (non-hydrogen) atoms. The molecule has 1 saturated carbocycles. The fourth-order valence-electron chi connectivity index (χ4n) is 2.84. The third-order valence-electron chi connectivity index (χ3n) is 4.70. The maximum absolute atomic E-state index is 13.1. The number of benzene rings is 1. The number of aromatic nitrogens is 1. The second kappa shape index (κ2) is 8.67. The highest BCUT2D eigenvalue weighted by Gasteiger charge is 2.30. The van der Waals surface area contributed by atoms with Crippen molar-refractivity contribution in [3.05, 3.63) is 18.2 Å². The Labute approximate surface area is 165 Å². The van der Waals surface area contributed by atoms with Crippen molar-refractivity contribution in [1.82, 2.24) is 9.29 Å². The molecule has 6 nitrogen and oxygen atoms in total. The van der Waals surface area contributed by atoms with Gasteiger partial charge in [-0.1, -0.05) is 38.0 Å². The van der Waals surface area contributed by atoms with Crippen molar-refractivity contribution in [2.45, 2.75) is 57.3 Å². The third-order valence-corrected chi connectivity index (χ3v) is 7.53. The van der Waals surface area contributed by atoms with Crippen LogP contribution < -0.4 is 5.32 Å². The smallest absolute Gasteiger partial charge is 0.243 e. The SMILES string of the molecule is CCCCN(CCCC)S(=O)(=O)c1ccc2nc(NC(=O)C3CC3)sc2c1. The molecule has 0 unspecified atom stereocenters. The largest absolute Gasteiger partial charge is 0.302 e. The topological polar surface area (TPSA) is 79.4 Å². The van der Waals surface area contributed by atoms with Gasteiger partial charge in [0.05, 0.1) is 15.1 Å². The normalized spacial score (nSPS) is 14.8. The van der Waals surface area contributed by atoms with Crippen molar-refractivity contribution in [1.29, 1.82) is 0 Å². The zero-order valence-corrected chi connectivity index (χ0v) is 17.5. The molecule has 3 rings (SSSR count). The first-order chi connectivity index (χ1) is 13.0. The minimum absolute atomic E-state index is 0.00667. The van der Waals surface area contributed by atoms with Crippen LogP contribution in [0.25, 0.3) is 10.2 Å². The molecule has 1 amide bonds. The number of hydrogen-bond acceptors (Lipinski definition) is 5. The average Bonchev–Trinajstić information content (AvgIpc) is 3.41. The number of amides is 1. The molecule has 1 aliphatic carbocycles. The molecular formula is C19H27N3O3S2. The Morgan fingerprint density at radius 3 is 2.48 bits per heavy atom. The van der Waals surface area contributed by atoms with Crippen LogP contribution in [0.2, 0.25) is 0 Å². The second-order valence-corrected chi connectivity index (χ2v) is 9.99. The van der Waals surface area contributed by atoms with E-state index in [2.05, 4.69) is 24.1 Å². The summed E-state index contributed by atoms with van der Waals surface area (Å²) in [6.45, 7) is 5.21. The summed E-state index contributed by atoms with van der Waals surface area (Å²) in [5.74, 6) is 0.117. The van der Waals surface area contributed by atoms with Gasteiger partial charge in [0, 0.05) is 19.0 Å². The maximum atomic E-state index is 13.1. The Kier molecular flexibility index (Phi) is 6.49. The van der Waals surface area contributed by atoms with E-state index in [0.717, 1.165) is 43.2 Å². The van der Waals surface area contributed by atoms with Gasteiger partial charge in [0.15, 0.2) is 5.13 Å². The number of carbonyl (C=O) groups is 1. The van der Waals surface area contributed by atoms with Gasteiger partial charge in [-0.25, -0.2) is 13.4 Å². The molecule has 0 saturated heterocycles.